The average molecular weight is 353 g/mol. The van der Waals surface area contributed by atoms with Gasteiger partial charge in [0.1, 0.15) is 17.8 Å². The number of carbonyl (C=O) groups is 1. The maximum Gasteiger partial charge on any atom is 0.272 e. The topological polar surface area (TPSA) is 52.6 Å². The van der Waals surface area contributed by atoms with Crippen LogP contribution in [0.1, 0.15) is 30.3 Å². The minimum absolute atomic E-state index is 0.00902. The first-order chi connectivity index (χ1) is 12.7. The zero-order valence-electron chi connectivity index (χ0n) is 15.6. The summed E-state index contributed by atoms with van der Waals surface area (Å²) in [6.07, 6.45) is 3.73. The lowest BCUT2D eigenvalue weighted by Crippen LogP contribution is -2.49. The van der Waals surface area contributed by atoms with E-state index in [9.17, 15) is 4.79 Å². The van der Waals surface area contributed by atoms with Crippen molar-refractivity contribution < 1.29 is 4.79 Å². The third-order valence-electron chi connectivity index (χ3n) is 4.80. The molecule has 1 aromatic carbocycles. The zero-order valence-corrected chi connectivity index (χ0v) is 15.6. The molecule has 1 aliphatic heterocycles. The van der Waals surface area contributed by atoms with Crippen LogP contribution in [0.15, 0.2) is 42.7 Å². The van der Waals surface area contributed by atoms with Gasteiger partial charge in [-0.25, -0.2) is 9.97 Å². The molecular formula is C20H27N5O. The van der Waals surface area contributed by atoms with Gasteiger partial charge in [-0.1, -0.05) is 31.5 Å². The Balaban J connectivity index is 1.62. The number of hydrogen-bond acceptors (Lipinski definition) is 5. The van der Waals surface area contributed by atoms with Gasteiger partial charge in [0.15, 0.2) is 0 Å². The Morgan fingerprint density at radius 2 is 1.85 bits per heavy atom. The molecule has 3 rings (SSSR count). The lowest BCUT2D eigenvalue weighted by molar-refractivity contribution is 0.0740. The van der Waals surface area contributed by atoms with Gasteiger partial charge in [0.05, 0.1) is 0 Å². The maximum absolute atomic E-state index is 12.8. The summed E-state index contributed by atoms with van der Waals surface area (Å²) in [5, 5.41) is 0. The van der Waals surface area contributed by atoms with Crippen LogP contribution in [0.5, 0.6) is 0 Å². The van der Waals surface area contributed by atoms with Gasteiger partial charge in [0, 0.05) is 51.5 Å². The molecule has 1 aliphatic rings. The molecule has 1 aromatic heterocycles. The molecule has 138 valence electrons. The van der Waals surface area contributed by atoms with Crippen molar-refractivity contribution in [2.45, 2.75) is 19.8 Å². The van der Waals surface area contributed by atoms with E-state index in [0.29, 0.717) is 18.8 Å². The number of benzene rings is 1. The fraction of sp³-hybridized carbons (Fsp3) is 0.450. The molecule has 0 saturated carbocycles. The first-order valence-electron chi connectivity index (χ1n) is 9.31. The zero-order chi connectivity index (χ0) is 18.4. The monoisotopic (exact) mass is 353 g/mol. The SMILES string of the molecule is CCCCN(C)c1cc(C(=O)N2CCN(c3ccccc3)CC2)ncn1. The molecule has 1 amide bonds. The van der Waals surface area contributed by atoms with Crippen molar-refractivity contribution in [3.63, 3.8) is 0 Å². The Morgan fingerprint density at radius 3 is 2.54 bits per heavy atom. The van der Waals surface area contributed by atoms with E-state index in [0.717, 1.165) is 38.3 Å². The highest BCUT2D eigenvalue weighted by atomic mass is 16.2. The molecule has 2 aromatic rings. The van der Waals surface area contributed by atoms with Gasteiger partial charge in [-0.3, -0.25) is 4.79 Å². The molecule has 0 aliphatic carbocycles. The van der Waals surface area contributed by atoms with E-state index in [1.54, 1.807) is 0 Å². The Labute approximate surface area is 155 Å². The first kappa shape index (κ1) is 18.2. The lowest BCUT2D eigenvalue weighted by Gasteiger charge is -2.36. The number of anilines is 2. The smallest absolute Gasteiger partial charge is 0.272 e. The second-order valence-corrected chi connectivity index (χ2v) is 6.65. The third-order valence-corrected chi connectivity index (χ3v) is 4.80. The van der Waals surface area contributed by atoms with Gasteiger partial charge in [-0.05, 0) is 18.6 Å². The second kappa shape index (κ2) is 8.65. The number of aromatic nitrogens is 2. The van der Waals surface area contributed by atoms with Gasteiger partial charge < -0.3 is 14.7 Å². The predicted molar refractivity (Wildman–Crippen MR) is 105 cm³/mol. The normalized spacial score (nSPS) is 14.4. The van der Waals surface area contributed by atoms with Crippen molar-refractivity contribution in [2.75, 3.05) is 49.6 Å². The van der Waals surface area contributed by atoms with Crippen LogP contribution in [-0.2, 0) is 0 Å². The Bertz CT molecular complexity index is 713. The average Bonchev–Trinajstić information content (AvgIpc) is 2.72. The molecule has 0 N–H and O–H groups in total. The van der Waals surface area contributed by atoms with E-state index in [1.807, 2.05) is 36.2 Å². The number of hydrogen-bond donors (Lipinski definition) is 0. The van der Waals surface area contributed by atoms with E-state index in [1.165, 1.54) is 12.0 Å². The minimum atomic E-state index is -0.00902. The molecule has 26 heavy (non-hydrogen) atoms. The van der Waals surface area contributed by atoms with Crippen LogP contribution in [0.2, 0.25) is 0 Å². The van der Waals surface area contributed by atoms with Crippen molar-refractivity contribution in [2.24, 2.45) is 0 Å². The van der Waals surface area contributed by atoms with Gasteiger partial charge >= 0.3 is 0 Å². The molecule has 6 nitrogen and oxygen atoms in total. The largest absolute Gasteiger partial charge is 0.368 e. The Kier molecular flexibility index (Phi) is 6.04. The van der Waals surface area contributed by atoms with Gasteiger partial charge in [-0.15, -0.1) is 0 Å². The molecule has 1 saturated heterocycles. The summed E-state index contributed by atoms with van der Waals surface area (Å²) in [5.74, 6) is 0.796. The van der Waals surface area contributed by atoms with Crippen molar-refractivity contribution in [1.29, 1.82) is 0 Å². The lowest BCUT2D eigenvalue weighted by atomic mass is 10.2. The highest BCUT2D eigenvalue weighted by molar-refractivity contribution is 5.93. The van der Waals surface area contributed by atoms with E-state index < -0.39 is 0 Å². The van der Waals surface area contributed by atoms with E-state index >= 15 is 0 Å². The number of nitrogens with zero attached hydrogens (tertiary/aromatic N) is 5. The molecule has 1 fully saturated rings. The van der Waals surface area contributed by atoms with Crippen molar-refractivity contribution in [1.82, 2.24) is 14.9 Å². The van der Waals surface area contributed by atoms with Gasteiger partial charge in [-0.2, -0.15) is 0 Å². The summed E-state index contributed by atoms with van der Waals surface area (Å²) in [6, 6.07) is 12.1. The number of para-hydroxylation sites is 1. The fourth-order valence-electron chi connectivity index (χ4n) is 3.15. The van der Waals surface area contributed by atoms with Crippen LogP contribution in [0.4, 0.5) is 11.5 Å². The summed E-state index contributed by atoms with van der Waals surface area (Å²) < 4.78 is 0. The summed E-state index contributed by atoms with van der Waals surface area (Å²) in [4.78, 5) is 27.6. The molecule has 6 heteroatoms. The standard InChI is InChI=1S/C20H27N5O/c1-3-4-10-23(2)19-15-18(21-16-22-19)20(26)25-13-11-24(12-14-25)17-8-6-5-7-9-17/h5-9,15-16H,3-4,10-14H2,1-2H3. The summed E-state index contributed by atoms with van der Waals surface area (Å²) in [7, 11) is 2.00. The Morgan fingerprint density at radius 1 is 1.12 bits per heavy atom. The molecule has 0 radical (unpaired) electrons. The highest BCUT2D eigenvalue weighted by Gasteiger charge is 2.23. The van der Waals surface area contributed by atoms with Crippen LogP contribution in [0.3, 0.4) is 0 Å². The summed E-state index contributed by atoms with van der Waals surface area (Å²) in [5.41, 5.74) is 1.69. The number of amides is 1. The molecular weight excluding hydrogens is 326 g/mol. The molecule has 0 atom stereocenters. The van der Waals surface area contributed by atoms with Crippen LogP contribution >= 0.6 is 0 Å². The van der Waals surface area contributed by atoms with Crippen LogP contribution < -0.4 is 9.80 Å². The van der Waals surface area contributed by atoms with Gasteiger partial charge in [0.25, 0.3) is 5.91 Å². The third kappa shape index (κ3) is 4.31. The maximum atomic E-state index is 12.8. The molecule has 0 unspecified atom stereocenters. The van der Waals surface area contributed by atoms with Crippen LogP contribution in [0.25, 0.3) is 0 Å². The number of unbranched alkanes of at least 4 members (excludes halogenated alkanes) is 1. The fourth-order valence-corrected chi connectivity index (χ4v) is 3.15. The van der Waals surface area contributed by atoms with E-state index in [2.05, 4.69) is 38.8 Å². The van der Waals surface area contributed by atoms with Crippen molar-refractivity contribution >= 4 is 17.4 Å². The minimum Gasteiger partial charge on any atom is -0.368 e. The van der Waals surface area contributed by atoms with Crippen LogP contribution in [0, 0.1) is 0 Å². The first-order valence-corrected chi connectivity index (χ1v) is 9.31. The molecule has 2 heterocycles. The Hall–Kier alpha value is -2.63. The van der Waals surface area contributed by atoms with E-state index in [4.69, 9.17) is 0 Å². The molecule has 0 spiro atoms. The molecule has 0 bridgehead atoms. The van der Waals surface area contributed by atoms with Crippen LogP contribution in [-0.4, -0.2) is 60.5 Å². The number of carbonyl (C=O) groups excluding carboxylic acids is 1. The number of piperazine rings is 1. The predicted octanol–water partition coefficient (Wildman–Crippen LogP) is 2.68. The quantitative estimate of drug-likeness (QED) is 0.799. The summed E-state index contributed by atoms with van der Waals surface area (Å²) >= 11 is 0. The second-order valence-electron chi connectivity index (χ2n) is 6.65. The van der Waals surface area contributed by atoms with Crippen molar-refractivity contribution in [3.05, 3.63) is 48.4 Å². The highest BCUT2D eigenvalue weighted by Crippen LogP contribution is 2.17. The number of rotatable bonds is 6. The van der Waals surface area contributed by atoms with E-state index in [-0.39, 0.29) is 5.91 Å². The van der Waals surface area contributed by atoms with Crippen molar-refractivity contribution in [3.8, 4) is 0 Å². The summed E-state index contributed by atoms with van der Waals surface area (Å²) in [6.45, 7) is 6.18. The van der Waals surface area contributed by atoms with Gasteiger partial charge in [0.2, 0.25) is 0 Å².